The van der Waals surface area contributed by atoms with Crippen LogP contribution in [0.15, 0.2) is 12.1 Å². The Bertz CT molecular complexity index is 438. The van der Waals surface area contributed by atoms with Crippen molar-refractivity contribution in [3.63, 3.8) is 0 Å². The van der Waals surface area contributed by atoms with Crippen molar-refractivity contribution in [1.82, 2.24) is 0 Å². The van der Waals surface area contributed by atoms with Crippen molar-refractivity contribution in [1.29, 1.82) is 0 Å². The standard InChI is InChI=1S/C11H14ClFN2O2/c1-3-7(6(2)14)8-4-10(13)9(12)5-11(8)15(16)17/h4-7H,3,14H2,1-2H3. The van der Waals surface area contributed by atoms with Gasteiger partial charge in [0.15, 0.2) is 0 Å². The van der Waals surface area contributed by atoms with Crippen molar-refractivity contribution in [2.75, 3.05) is 0 Å². The molecule has 0 aliphatic heterocycles. The van der Waals surface area contributed by atoms with Crippen LogP contribution in [0, 0.1) is 15.9 Å². The second kappa shape index (κ2) is 5.42. The Morgan fingerprint density at radius 3 is 2.59 bits per heavy atom. The van der Waals surface area contributed by atoms with Gasteiger partial charge in [0.05, 0.1) is 9.95 Å². The lowest BCUT2D eigenvalue weighted by Gasteiger charge is -2.19. The third kappa shape index (κ3) is 2.92. The number of nitro groups is 1. The van der Waals surface area contributed by atoms with Crippen LogP contribution in [-0.2, 0) is 0 Å². The molecular formula is C11H14ClFN2O2. The van der Waals surface area contributed by atoms with E-state index in [0.717, 1.165) is 12.1 Å². The maximum atomic E-state index is 13.4. The Balaban J connectivity index is 3.39. The van der Waals surface area contributed by atoms with Crippen LogP contribution >= 0.6 is 11.6 Å². The SMILES string of the molecule is CCC(c1cc(F)c(Cl)cc1[N+](=O)[O-])C(C)N. The van der Waals surface area contributed by atoms with Gasteiger partial charge in [-0.3, -0.25) is 10.1 Å². The highest BCUT2D eigenvalue weighted by atomic mass is 35.5. The number of hydrogen-bond donors (Lipinski definition) is 1. The van der Waals surface area contributed by atoms with Crippen LogP contribution in [0.4, 0.5) is 10.1 Å². The topological polar surface area (TPSA) is 69.2 Å². The maximum Gasteiger partial charge on any atom is 0.274 e. The molecule has 1 aromatic carbocycles. The van der Waals surface area contributed by atoms with E-state index < -0.39 is 10.7 Å². The van der Waals surface area contributed by atoms with Gasteiger partial charge in [0.25, 0.3) is 5.69 Å². The summed E-state index contributed by atoms with van der Waals surface area (Å²) in [5, 5.41) is 10.7. The van der Waals surface area contributed by atoms with Crippen molar-refractivity contribution in [2.45, 2.75) is 32.2 Å². The molecular weight excluding hydrogens is 247 g/mol. The fourth-order valence-corrected chi connectivity index (χ4v) is 2.04. The molecule has 0 fully saturated rings. The number of rotatable bonds is 4. The van der Waals surface area contributed by atoms with Crippen LogP contribution in [0.25, 0.3) is 0 Å². The van der Waals surface area contributed by atoms with Crippen molar-refractivity contribution in [3.05, 3.63) is 38.7 Å². The summed E-state index contributed by atoms with van der Waals surface area (Å²) in [6.45, 7) is 3.59. The third-order valence-corrected chi connectivity index (χ3v) is 3.03. The Hall–Kier alpha value is -1.20. The van der Waals surface area contributed by atoms with E-state index in [1.54, 1.807) is 6.92 Å². The molecule has 0 heterocycles. The molecule has 0 saturated heterocycles. The van der Waals surface area contributed by atoms with E-state index in [1.807, 2.05) is 6.92 Å². The molecule has 0 spiro atoms. The quantitative estimate of drug-likeness (QED) is 0.667. The van der Waals surface area contributed by atoms with Gasteiger partial charge in [0.2, 0.25) is 0 Å². The minimum atomic E-state index is -0.661. The molecule has 0 bridgehead atoms. The van der Waals surface area contributed by atoms with Crippen molar-refractivity contribution < 1.29 is 9.31 Å². The van der Waals surface area contributed by atoms with Gasteiger partial charge in [-0.05, 0) is 19.4 Å². The van der Waals surface area contributed by atoms with Gasteiger partial charge < -0.3 is 5.73 Å². The Morgan fingerprint density at radius 2 is 2.18 bits per heavy atom. The van der Waals surface area contributed by atoms with E-state index in [4.69, 9.17) is 17.3 Å². The molecule has 0 amide bonds. The summed E-state index contributed by atoms with van der Waals surface area (Å²) in [4.78, 5) is 10.3. The monoisotopic (exact) mass is 260 g/mol. The number of nitrogens with zero attached hydrogens (tertiary/aromatic N) is 1. The summed E-state index contributed by atoms with van der Waals surface area (Å²) in [5.41, 5.74) is 5.88. The fraction of sp³-hybridized carbons (Fsp3) is 0.455. The molecule has 0 radical (unpaired) electrons. The van der Waals surface area contributed by atoms with E-state index >= 15 is 0 Å². The molecule has 17 heavy (non-hydrogen) atoms. The molecule has 0 aliphatic rings. The lowest BCUT2D eigenvalue weighted by molar-refractivity contribution is -0.385. The lowest BCUT2D eigenvalue weighted by atomic mass is 9.89. The molecule has 1 rings (SSSR count). The van der Waals surface area contributed by atoms with Crippen LogP contribution in [0.5, 0.6) is 0 Å². The van der Waals surface area contributed by atoms with Gasteiger partial charge in [0, 0.05) is 23.6 Å². The Kier molecular flexibility index (Phi) is 4.42. The largest absolute Gasteiger partial charge is 0.327 e. The van der Waals surface area contributed by atoms with E-state index in [-0.39, 0.29) is 22.7 Å². The van der Waals surface area contributed by atoms with Crippen molar-refractivity contribution >= 4 is 17.3 Å². The van der Waals surface area contributed by atoms with Gasteiger partial charge in [-0.25, -0.2) is 4.39 Å². The minimum Gasteiger partial charge on any atom is -0.327 e. The Morgan fingerprint density at radius 1 is 1.59 bits per heavy atom. The summed E-state index contributed by atoms with van der Waals surface area (Å²) in [6.07, 6.45) is 0.597. The zero-order valence-corrected chi connectivity index (χ0v) is 10.4. The third-order valence-electron chi connectivity index (χ3n) is 2.74. The molecule has 94 valence electrons. The molecule has 2 unspecified atom stereocenters. The first-order valence-corrected chi connectivity index (χ1v) is 5.65. The van der Waals surface area contributed by atoms with Crippen LogP contribution < -0.4 is 5.73 Å². The average Bonchev–Trinajstić information content (AvgIpc) is 2.22. The first-order valence-electron chi connectivity index (χ1n) is 5.27. The summed E-state index contributed by atoms with van der Waals surface area (Å²) in [5.74, 6) is -0.923. The molecule has 1 aromatic rings. The van der Waals surface area contributed by atoms with Crippen LogP contribution in [0.1, 0.15) is 31.7 Å². The smallest absolute Gasteiger partial charge is 0.274 e. The molecule has 0 aliphatic carbocycles. The highest BCUT2D eigenvalue weighted by Gasteiger charge is 2.25. The fourth-order valence-electron chi connectivity index (χ4n) is 1.88. The number of halogens is 2. The summed E-state index contributed by atoms with van der Waals surface area (Å²) in [7, 11) is 0. The number of benzene rings is 1. The van der Waals surface area contributed by atoms with E-state index in [1.165, 1.54) is 0 Å². The Labute approximate surface area is 104 Å². The number of nitro benzene ring substituents is 1. The highest BCUT2D eigenvalue weighted by Crippen LogP contribution is 2.34. The zero-order chi connectivity index (χ0) is 13.2. The minimum absolute atomic E-state index is 0.180. The van der Waals surface area contributed by atoms with Crippen molar-refractivity contribution in [3.8, 4) is 0 Å². The highest BCUT2D eigenvalue weighted by molar-refractivity contribution is 6.31. The molecule has 0 aromatic heterocycles. The molecule has 6 heteroatoms. The van der Waals surface area contributed by atoms with E-state index in [2.05, 4.69) is 0 Å². The second-order valence-corrected chi connectivity index (χ2v) is 4.36. The van der Waals surface area contributed by atoms with E-state index in [0.29, 0.717) is 12.0 Å². The predicted molar refractivity (Wildman–Crippen MR) is 64.7 cm³/mol. The van der Waals surface area contributed by atoms with Crippen LogP contribution in [-0.4, -0.2) is 11.0 Å². The molecule has 2 N–H and O–H groups in total. The normalized spacial score (nSPS) is 14.4. The van der Waals surface area contributed by atoms with Gasteiger partial charge in [-0.2, -0.15) is 0 Å². The average molecular weight is 261 g/mol. The first kappa shape index (κ1) is 13.9. The molecule has 2 atom stereocenters. The van der Waals surface area contributed by atoms with Gasteiger partial charge in [0.1, 0.15) is 5.82 Å². The maximum absolute atomic E-state index is 13.4. The predicted octanol–water partition coefficient (Wildman–Crippen LogP) is 3.23. The second-order valence-electron chi connectivity index (χ2n) is 3.96. The molecule has 0 saturated carbocycles. The first-order chi connectivity index (χ1) is 7.88. The summed E-state index contributed by atoms with van der Waals surface area (Å²) >= 11 is 5.55. The van der Waals surface area contributed by atoms with Gasteiger partial charge >= 0.3 is 0 Å². The molecule has 4 nitrogen and oxygen atoms in total. The number of nitrogens with two attached hydrogens (primary N) is 1. The van der Waals surface area contributed by atoms with Gasteiger partial charge in [-0.1, -0.05) is 18.5 Å². The van der Waals surface area contributed by atoms with Gasteiger partial charge in [-0.15, -0.1) is 0 Å². The van der Waals surface area contributed by atoms with E-state index in [9.17, 15) is 14.5 Å². The summed E-state index contributed by atoms with van der Waals surface area (Å²) < 4.78 is 13.4. The van der Waals surface area contributed by atoms with Crippen LogP contribution in [0.3, 0.4) is 0 Å². The van der Waals surface area contributed by atoms with Crippen LogP contribution in [0.2, 0.25) is 5.02 Å². The summed E-state index contributed by atoms with van der Waals surface area (Å²) in [6, 6.07) is 1.86. The van der Waals surface area contributed by atoms with Crippen molar-refractivity contribution in [2.24, 2.45) is 5.73 Å². The zero-order valence-electron chi connectivity index (χ0n) is 9.61. The lowest BCUT2D eigenvalue weighted by Crippen LogP contribution is -2.25. The number of hydrogen-bond acceptors (Lipinski definition) is 3.